The van der Waals surface area contributed by atoms with Crippen molar-refractivity contribution in [1.29, 1.82) is 0 Å². The molecule has 3 nitrogen and oxygen atoms in total. The van der Waals surface area contributed by atoms with Crippen LogP contribution in [0.15, 0.2) is 24.5 Å². The molecule has 1 aromatic rings. The van der Waals surface area contributed by atoms with Gasteiger partial charge in [-0.3, -0.25) is 16.3 Å². The van der Waals surface area contributed by atoms with Crippen LogP contribution in [0.25, 0.3) is 0 Å². The predicted octanol–water partition coefficient (Wildman–Crippen LogP) is 2.13. The van der Waals surface area contributed by atoms with Gasteiger partial charge in [0.15, 0.2) is 0 Å². The number of nitrogens with one attached hydrogen (secondary N) is 1. The first-order valence-electron chi connectivity index (χ1n) is 6.35. The molecule has 94 valence electrons. The van der Waals surface area contributed by atoms with Gasteiger partial charge < -0.3 is 0 Å². The van der Waals surface area contributed by atoms with E-state index in [9.17, 15) is 0 Å². The van der Waals surface area contributed by atoms with E-state index in [-0.39, 0.29) is 0 Å². The van der Waals surface area contributed by atoms with E-state index in [0.29, 0.717) is 6.04 Å². The Morgan fingerprint density at radius 2 is 2.29 bits per heavy atom. The second-order valence-corrected chi connectivity index (χ2v) is 6.00. The SMILES string of the molecule is NNC(CSC1CCCC1)Cc1cccnc1. The minimum atomic E-state index is 0.352. The Hall–Kier alpha value is -0.580. The maximum Gasteiger partial charge on any atom is 0.0342 e. The first-order valence-corrected chi connectivity index (χ1v) is 7.40. The molecule has 1 aromatic heterocycles. The zero-order valence-electron chi connectivity index (χ0n) is 10.1. The summed E-state index contributed by atoms with van der Waals surface area (Å²) >= 11 is 2.07. The number of pyridine rings is 1. The maximum absolute atomic E-state index is 5.62. The third kappa shape index (κ3) is 4.30. The number of nitrogens with two attached hydrogens (primary N) is 1. The molecule has 1 atom stereocenters. The average Bonchev–Trinajstić information content (AvgIpc) is 2.89. The van der Waals surface area contributed by atoms with Crippen molar-refractivity contribution in [2.45, 2.75) is 43.4 Å². The highest BCUT2D eigenvalue weighted by Gasteiger charge is 2.17. The van der Waals surface area contributed by atoms with Crippen LogP contribution >= 0.6 is 11.8 Å². The van der Waals surface area contributed by atoms with Crippen molar-refractivity contribution in [2.24, 2.45) is 5.84 Å². The first-order chi connectivity index (χ1) is 8.38. The summed E-state index contributed by atoms with van der Waals surface area (Å²) in [6.07, 6.45) is 10.3. The minimum absolute atomic E-state index is 0.352. The number of hydrogen-bond acceptors (Lipinski definition) is 4. The Morgan fingerprint density at radius 1 is 1.47 bits per heavy atom. The summed E-state index contributed by atoms with van der Waals surface area (Å²) in [7, 11) is 0. The molecule has 0 saturated heterocycles. The van der Waals surface area contributed by atoms with Crippen LogP contribution in [0, 0.1) is 0 Å². The van der Waals surface area contributed by atoms with Gasteiger partial charge in [0.25, 0.3) is 0 Å². The van der Waals surface area contributed by atoms with Crippen LogP contribution in [0.3, 0.4) is 0 Å². The van der Waals surface area contributed by atoms with E-state index in [0.717, 1.165) is 17.4 Å². The Labute approximate surface area is 108 Å². The molecule has 1 heterocycles. The summed E-state index contributed by atoms with van der Waals surface area (Å²) in [6, 6.07) is 4.44. The van der Waals surface area contributed by atoms with E-state index in [2.05, 4.69) is 28.2 Å². The van der Waals surface area contributed by atoms with Crippen LogP contribution in [0.1, 0.15) is 31.2 Å². The smallest absolute Gasteiger partial charge is 0.0342 e. The van der Waals surface area contributed by atoms with Crippen molar-refractivity contribution in [3.63, 3.8) is 0 Å². The van der Waals surface area contributed by atoms with Gasteiger partial charge in [-0.2, -0.15) is 11.8 Å². The van der Waals surface area contributed by atoms with Crippen LogP contribution in [-0.4, -0.2) is 22.0 Å². The molecule has 3 N–H and O–H groups in total. The quantitative estimate of drug-likeness (QED) is 0.601. The van der Waals surface area contributed by atoms with Gasteiger partial charge in [0.1, 0.15) is 0 Å². The molecule has 0 amide bonds. The summed E-state index contributed by atoms with van der Waals surface area (Å²) in [6.45, 7) is 0. The molecule has 17 heavy (non-hydrogen) atoms. The van der Waals surface area contributed by atoms with Crippen molar-refractivity contribution < 1.29 is 0 Å². The molecule has 1 unspecified atom stereocenters. The number of rotatable bonds is 6. The van der Waals surface area contributed by atoms with Crippen molar-refractivity contribution >= 4 is 11.8 Å². The monoisotopic (exact) mass is 251 g/mol. The van der Waals surface area contributed by atoms with Crippen LogP contribution in [0.2, 0.25) is 0 Å². The number of thioether (sulfide) groups is 1. The van der Waals surface area contributed by atoms with Gasteiger partial charge >= 0.3 is 0 Å². The van der Waals surface area contributed by atoms with E-state index >= 15 is 0 Å². The van der Waals surface area contributed by atoms with Gasteiger partial charge in [-0.25, -0.2) is 0 Å². The summed E-state index contributed by atoms with van der Waals surface area (Å²) < 4.78 is 0. The summed E-state index contributed by atoms with van der Waals surface area (Å²) in [5.74, 6) is 6.71. The van der Waals surface area contributed by atoms with Gasteiger partial charge in [0, 0.05) is 29.4 Å². The molecule has 2 rings (SSSR count). The van der Waals surface area contributed by atoms with E-state index in [4.69, 9.17) is 5.84 Å². The largest absolute Gasteiger partial charge is 0.271 e. The molecule has 0 radical (unpaired) electrons. The average molecular weight is 251 g/mol. The molecular formula is C13H21N3S. The molecule has 1 fully saturated rings. The lowest BCUT2D eigenvalue weighted by Crippen LogP contribution is -2.39. The molecule has 0 spiro atoms. The lowest BCUT2D eigenvalue weighted by atomic mass is 10.1. The molecule has 1 aliphatic carbocycles. The molecule has 0 aromatic carbocycles. The summed E-state index contributed by atoms with van der Waals surface area (Å²) in [5, 5.41) is 0.861. The van der Waals surface area contributed by atoms with E-state index in [1.54, 1.807) is 0 Å². The number of aromatic nitrogens is 1. The molecule has 1 aliphatic rings. The van der Waals surface area contributed by atoms with E-state index in [1.807, 2.05) is 18.5 Å². The first kappa shape index (κ1) is 12.9. The number of nitrogens with zero attached hydrogens (tertiary/aromatic N) is 1. The minimum Gasteiger partial charge on any atom is -0.271 e. The highest BCUT2D eigenvalue weighted by atomic mass is 32.2. The van der Waals surface area contributed by atoms with Gasteiger partial charge in [-0.05, 0) is 30.9 Å². The van der Waals surface area contributed by atoms with Crippen molar-refractivity contribution in [3.8, 4) is 0 Å². The molecule has 0 bridgehead atoms. The highest BCUT2D eigenvalue weighted by molar-refractivity contribution is 7.99. The van der Waals surface area contributed by atoms with E-state index < -0.39 is 0 Å². The van der Waals surface area contributed by atoms with Crippen LogP contribution in [0.5, 0.6) is 0 Å². The van der Waals surface area contributed by atoms with Crippen molar-refractivity contribution in [2.75, 3.05) is 5.75 Å². The standard InChI is InChI=1S/C13H21N3S/c14-16-12(8-11-4-3-7-15-9-11)10-17-13-5-1-2-6-13/h3-4,7,9,12-13,16H,1-2,5-6,8,10,14H2. The van der Waals surface area contributed by atoms with Gasteiger partial charge in [0.2, 0.25) is 0 Å². The number of hydrogen-bond donors (Lipinski definition) is 2. The second-order valence-electron chi connectivity index (χ2n) is 4.67. The van der Waals surface area contributed by atoms with Gasteiger partial charge in [-0.1, -0.05) is 18.9 Å². The second kappa shape index (κ2) is 6.99. The Balaban J connectivity index is 1.76. The topological polar surface area (TPSA) is 50.9 Å². The lowest BCUT2D eigenvalue weighted by Gasteiger charge is -2.17. The molecule has 0 aliphatic heterocycles. The summed E-state index contributed by atoms with van der Waals surface area (Å²) in [5.41, 5.74) is 4.18. The van der Waals surface area contributed by atoms with Crippen LogP contribution in [0.4, 0.5) is 0 Å². The molecule has 4 heteroatoms. The Morgan fingerprint density at radius 3 is 2.94 bits per heavy atom. The van der Waals surface area contributed by atoms with Crippen molar-refractivity contribution in [3.05, 3.63) is 30.1 Å². The fourth-order valence-electron chi connectivity index (χ4n) is 2.28. The zero-order chi connectivity index (χ0) is 11.9. The van der Waals surface area contributed by atoms with Crippen molar-refractivity contribution in [1.82, 2.24) is 10.4 Å². The van der Waals surface area contributed by atoms with Crippen LogP contribution in [-0.2, 0) is 6.42 Å². The fourth-order valence-corrected chi connectivity index (χ4v) is 3.66. The normalized spacial score (nSPS) is 18.4. The fraction of sp³-hybridized carbons (Fsp3) is 0.615. The summed E-state index contributed by atoms with van der Waals surface area (Å²) in [4.78, 5) is 4.13. The Kier molecular flexibility index (Phi) is 5.29. The molecular weight excluding hydrogens is 230 g/mol. The maximum atomic E-state index is 5.62. The van der Waals surface area contributed by atoms with Gasteiger partial charge in [-0.15, -0.1) is 0 Å². The lowest BCUT2D eigenvalue weighted by molar-refractivity contribution is 0.574. The molecule has 1 saturated carbocycles. The Bertz CT molecular complexity index is 312. The van der Waals surface area contributed by atoms with Crippen LogP contribution < -0.4 is 11.3 Å². The third-order valence-corrected chi connectivity index (χ3v) is 4.81. The third-order valence-electron chi connectivity index (χ3n) is 3.28. The van der Waals surface area contributed by atoms with E-state index in [1.165, 1.54) is 31.2 Å². The predicted molar refractivity (Wildman–Crippen MR) is 73.8 cm³/mol. The zero-order valence-corrected chi connectivity index (χ0v) is 11.0. The highest BCUT2D eigenvalue weighted by Crippen LogP contribution is 2.29. The van der Waals surface area contributed by atoms with Gasteiger partial charge in [0.05, 0.1) is 0 Å². The number of hydrazine groups is 1.